The molecule has 1 saturated heterocycles. The van der Waals surface area contributed by atoms with E-state index in [1.54, 1.807) is 41.3 Å². The molecule has 1 aromatic heterocycles. The fourth-order valence-corrected chi connectivity index (χ4v) is 4.63. The molecule has 2 aliphatic rings. The van der Waals surface area contributed by atoms with Gasteiger partial charge in [0.25, 0.3) is 5.56 Å². The Kier molecular flexibility index (Phi) is 7.32. The fourth-order valence-electron chi connectivity index (χ4n) is 4.63. The highest BCUT2D eigenvalue weighted by Crippen LogP contribution is 2.37. The third kappa shape index (κ3) is 5.92. The molecule has 1 atom stereocenters. The molecule has 3 heterocycles. The van der Waals surface area contributed by atoms with E-state index in [1.807, 2.05) is 20.8 Å². The molecule has 11 heteroatoms. The average Bonchev–Trinajstić information content (AvgIpc) is 3.58. The van der Waals surface area contributed by atoms with Crippen LogP contribution in [-0.2, 0) is 9.53 Å². The fraction of sp³-hybridized carbons (Fsp3) is 0.429. The molecular formula is C28H32N4O7. The number of H-pyrrole nitrogens is 1. The van der Waals surface area contributed by atoms with Crippen molar-refractivity contribution < 1.29 is 28.5 Å². The summed E-state index contributed by atoms with van der Waals surface area (Å²) in [5, 5.41) is 2.54. The molecule has 0 spiro atoms. The zero-order valence-corrected chi connectivity index (χ0v) is 22.2. The van der Waals surface area contributed by atoms with Crippen LogP contribution in [0, 0.1) is 5.41 Å². The van der Waals surface area contributed by atoms with Gasteiger partial charge in [-0.1, -0.05) is 26.0 Å². The van der Waals surface area contributed by atoms with Crippen molar-refractivity contribution in [2.45, 2.75) is 39.7 Å². The second-order valence-corrected chi connectivity index (χ2v) is 10.6. The van der Waals surface area contributed by atoms with E-state index in [9.17, 15) is 14.4 Å². The largest absolute Gasteiger partial charge is 0.493 e. The molecule has 11 nitrogen and oxygen atoms in total. The van der Waals surface area contributed by atoms with Crippen LogP contribution in [0.25, 0.3) is 22.3 Å². The van der Waals surface area contributed by atoms with Gasteiger partial charge < -0.3 is 34.1 Å². The molecule has 2 N–H and O–H groups in total. The van der Waals surface area contributed by atoms with Crippen LogP contribution >= 0.6 is 0 Å². The third-order valence-electron chi connectivity index (χ3n) is 6.79. The summed E-state index contributed by atoms with van der Waals surface area (Å²) in [6, 6.07) is 10.8. The van der Waals surface area contributed by atoms with Gasteiger partial charge in [0, 0.05) is 23.6 Å². The van der Waals surface area contributed by atoms with Gasteiger partial charge in [-0.15, -0.1) is 0 Å². The van der Waals surface area contributed by atoms with E-state index < -0.39 is 11.5 Å². The van der Waals surface area contributed by atoms with Crippen LogP contribution < -0.4 is 25.1 Å². The van der Waals surface area contributed by atoms with Crippen molar-refractivity contribution >= 4 is 23.0 Å². The molecular weight excluding hydrogens is 504 g/mol. The van der Waals surface area contributed by atoms with Crippen molar-refractivity contribution in [3.05, 3.63) is 46.8 Å². The molecule has 0 saturated carbocycles. The Bertz CT molecular complexity index is 1450. The van der Waals surface area contributed by atoms with Crippen LogP contribution in [0.15, 0.2) is 41.2 Å². The standard InChI is InChI=1S/C28H32N4O7/c1-17-6-5-11-32(17)22(33)13-29-27(35)37-15-28(2,3)14-36-19-8-4-7-18(12-19)23-26(34)31-24-20(30-23)9-10-21-25(24)39-16-38-21/h4,7-10,12,17H,5-6,11,13-16H2,1-3H3,(H,29,35)(H,31,34). The number of fused-ring (bicyclic) bond motifs is 3. The first-order valence-corrected chi connectivity index (χ1v) is 13.0. The van der Waals surface area contributed by atoms with Crippen molar-refractivity contribution in [1.82, 2.24) is 20.2 Å². The molecule has 0 radical (unpaired) electrons. The quantitative estimate of drug-likeness (QED) is 0.447. The second kappa shape index (κ2) is 10.8. The summed E-state index contributed by atoms with van der Waals surface area (Å²) < 4.78 is 22.2. The van der Waals surface area contributed by atoms with Crippen LogP contribution in [0.2, 0.25) is 0 Å². The Labute approximate surface area is 225 Å². The van der Waals surface area contributed by atoms with E-state index in [2.05, 4.69) is 15.3 Å². The number of nitrogens with one attached hydrogen (secondary N) is 2. The number of amides is 2. The lowest BCUT2D eigenvalue weighted by Crippen LogP contribution is -2.42. The number of rotatable bonds is 8. The zero-order chi connectivity index (χ0) is 27.6. The number of likely N-dealkylation sites (tertiary alicyclic amines) is 1. The number of hydrogen-bond donors (Lipinski definition) is 2. The maximum absolute atomic E-state index is 12.9. The topological polar surface area (TPSA) is 132 Å². The van der Waals surface area contributed by atoms with Gasteiger partial charge >= 0.3 is 6.09 Å². The van der Waals surface area contributed by atoms with E-state index >= 15 is 0 Å². The summed E-state index contributed by atoms with van der Waals surface area (Å²) in [4.78, 5) is 46.5. The van der Waals surface area contributed by atoms with Crippen molar-refractivity contribution in [2.24, 2.45) is 5.41 Å². The first kappa shape index (κ1) is 26.3. The first-order chi connectivity index (χ1) is 18.7. The lowest BCUT2D eigenvalue weighted by molar-refractivity contribution is -0.130. The Morgan fingerprint density at radius 2 is 2.05 bits per heavy atom. The minimum atomic E-state index is -0.644. The highest BCUT2D eigenvalue weighted by atomic mass is 16.7. The molecule has 39 heavy (non-hydrogen) atoms. The molecule has 3 aromatic rings. The number of nitrogens with zero attached hydrogens (tertiary/aromatic N) is 2. The highest BCUT2D eigenvalue weighted by molar-refractivity contribution is 5.86. The van der Waals surface area contributed by atoms with Gasteiger partial charge in [0.05, 0.1) is 12.1 Å². The summed E-state index contributed by atoms with van der Waals surface area (Å²) in [7, 11) is 0. The molecule has 0 aliphatic carbocycles. The summed E-state index contributed by atoms with van der Waals surface area (Å²) in [6.45, 7) is 6.89. The van der Waals surface area contributed by atoms with E-state index in [1.165, 1.54) is 0 Å². The number of alkyl carbamates (subject to hydrolysis) is 1. The molecule has 1 unspecified atom stereocenters. The molecule has 206 valence electrons. The van der Waals surface area contributed by atoms with E-state index in [0.717, 1.165) is 19.4 Å². The number of ether oxygens (including phenoxy) is 4. The van der Waals surface area contributed by atoms with Gasteiger partial charge in [-0.05, 0) is 44.0 Å². The van der Waals surface area contributed by atoms with Crippen molar-refractivity contribution in [3.8, 4) is 28.5 Å². The van der Waals surface area contributed by atoms with Crippen LogP contribution in [0.4, 0.5) is 4.79 Å². The van der Waals surface area contributed by atoms with Gasteiger partial charge in [0.2, 0.25) is 12.7 Å². The number of hydrogen-bond acceptors (Lipinski definition) is 8. The number of aromatic amines is 1. The van der Waals surface area contributed by atoms with Crippen molar-refractivity contribution in [2.75, 3.05) is 33.1 Å². The number of benzene rings is 2. The van der Waals surface area contributed by atoms with Crippen molar-refractivity contribution in [3.63, 3.8) is 0 Å². The average molecular weight is 537 g/mol. The smallest absolute Gasteiger partial charge is 0.407 e. The molecule has 1 fully saturated rings. The second-order valence-electron chi connectivity index (χ2n) is 10.6. The van der Waals surface area contributed by atoms with Crippen LogP contribution in [0.3, 0.4) is 0 Å². The minimum absolute atomic E-state index is 0.0852. The molecule has 0 bridgehead atoms. The zero-order valence-electron chi connectivity index (χ0n) is 22.2. The molecule has 2 amide bonds. The minimum Gasteiger partial charge on any atom is -0.493 e. The first-order valence-electron chi connectivity index (χ1n) is 13.0. The molecule has 2 aliphatic heterocycles. The summed E-state index contributed by atoms with van der Waals surface area (Å²) in [6.07, 6.45) is 1.32. The SMILES string of the molecule is CC1CCCN1C(=O)CNC(=O)OCC(C)(C)COc1cccc(-c2nc3ccc4c(c3[nH]c2=O)OCO4)c1. The highest BCUT2D eigenvalue weighted by Gasteiger charge is 2.26. The predicted octanol–water partition coefficient (Wildman–Crippen LogP) is 3.46. The van der Waals surface area contributed by atoms with Gasteiger partial charge in [-0.3, -0.25) is 9.59 Å². The number of aromatic nitrogens is 2. The Hall–Kier alpha value is -4.28. The van der Waals surface area contributed by atoms with Crippen LogP contribution in [-0.4, -0.2) is 66.0 Å². The van der Waals surface area contributed by atoms with Crippen LogP contribution in [0.1, 0.15) is 33.6 Å². The summed E-state index contributed by atoms with van der Waals surface area (Å²) >= 11 is 0. The predicted molar refractivity (Wildman–Crippen MR) is 143 cm³/mol. The normalized spacial score (nSPS) is 16.4. The van der Waals surface area contributed by atoms with Crippen molar-refractivity contribution in [1.29, 1.82) is 0 Å². The Balaban J connectivity index is 1.17. The maximum atomic E-state index is 12.9. The Morgan fingerprint density at radius 3 is 2.85 bits per heavy atom. The van der Waals surface area contributed by atoms with Crippen LogP contribution in [0.5, 0.6) is 17.2 Å². The third-order valence-corrected chi connectivity index (χ3v) is 6.79. The van der Waals surface area contributed by atoms with Gasteiger partial charge in [0.15, 0.2) is 11.5 Å². The number of carbonyl (C=O) groups is 2. The lowest BCUT2D eigenvalue weighted by atomic mass is 9.96. The van der Waals surface area contributed by atoms with E-state index in [0.29, 0.717) is 33.8 Å². The lowest BCUT2D eigenvalue weighted by Gasteiger charge is -2.25. The summed E-state index contributed by atoms with van der Waals surface area (Å²) in [5.41, 5.74) is 1.05. The van der Waals surface area contributed by atoms with E-state index in [-0.39, 0.29) is 49.8 Å². The Morgan fingerprint density at radius 1 is 1.21 bits per heavy atom. The van der Waals surface area contributed by atoms with Gasteiger partial charge in [-0.25, -0.2) is 9.78 Å². The summed E-state index contributed by atoms with van der Waals surface area (Å²) in [5.74, 6) is 1.48. The monoisotopic (exact) mass is 536 g/mol. The molecule has 5 rings (SSSR count). The van der Waals surface area contributed by atoms with Gasteiger partial charge in [0.1, 0.15) is 30.1 Å². The van der Waals surface area contributed by atoms with E-state index in [4.69, 9.17) is 18.9 Å². The maximum Gasteiger partial charge on any atom is 0.407 e. The number of carbonyl (C=O) groups excluding carboxylic acids is 2. The van der Waals surface area contributed by atoms with Gasteiger partial charge in [-0.2, -0.15) is 0 Å². The molecule has 2 aromatic carbocycles.